The van der Waals surface area contributed by atoms with Crippen molar-refractivity contribution in [3.05, 3.63) is 60.2 Å². The van der Waals surface area contributed by atoms with Crippen molar-refractivity contribution in [2.24, 2.45) is 0 Å². The molecule has 20 heavy (non-hydrogen) atoms. The van der Waals surface area contributed by atoms with Crippen LogP contribution in [0.2, 0.25) is 0 Å². The maximum absolute atomic E-state index is 5.79. The van der Waals surface area contributed by atoms with Crippen molar-refractivity contribution in [1.29, 1.82) is 0 Å². The first-order valence-electron chi connectivity index (χ1n) is 6.55. The Bertz CT molecular complexity index is 904. The molecular weight excluding hydrogens is 250 g/mol. The molecule has 2 aromatic carbocycles. The second-order valence-electron chi connectivity index (χ2n) is 4.94. The fraction of sp³-hybridized carbons (Fsp3) is 0.125. The van der Waals surface area contributed by atoms with E-state index in [0.29, 0.717) is 12.4 Å². The maximum atomic E-state index is 5.79. The van der Waals surface area contributed by atoms with E-state index in [1.54, 1.807) is 0 Å². The summed E-state index contributed by atoms with van der Waals surface area (Å²) in [5.41, 5.74) is 5.00. The Morgan fingerprint density at radius 1 is 1.10 bits per heavy atom. The molecule has 2 heterocycles. The monoisotopic (exact) mass is 263 g/mol. The molecule has 4 aromatic rings. The zero-order valence-corrected chi connectivity index (χ0v) is 11.1. The van der Waals surface area contributed by atoms with E-state index in [1.807, 2.05) is 47.3 Å². The highest BCUT2D eigenvalue weighted by atomic mass is 16.3. The van der Waals surface area contributed by atoms with Crippen LogP contribution in [0.15, 0.2) is 53.2 Å². The van der Waals surface area contributed by atoms with Gasteiger partial charge in [-0.3, -0.25) is 0 Å². The summed E-state index contributed by atoms with van der Waals surface area (Å²) >= 11 is 0. The zero-order valence-electron chi connectivity index (χ0n) is 11.1. The summed E-state index contributed by atoms with van der Waals surface area (Å²) in [7, 11) is 0. The summed E-state index contributed by atoms with van der Waals surface area (Å²) in [6, 6.07) is 14.1. The fourth-order valence-corrected chi connectivity index (χ4v) is 2.43. The van der Waals surface area contributed by atoms with Crippen molar-refractivity contribution in [3.8, 4) is 0 Å². The molecule has 0 radical (unpaired) electrons. The molecule has 0 bridgehead atoms. The molecule has 0 aliphatic rings. The molecule has 2 aromatic heterocycles. The Labute approximate surface area is 115 Å². The van der Waals surface area contributed by atoms with Gasteiger partial charge in [-0.15, -0.1) is 0 Å². The number of imidazole rings is 1. The van der Waals surface area contributed by atoms with E-state index >= 15 is 0 Å². The summed E-state index contributed by atoms with van der Waals surface area (Å²) in [5, 5.41) is 0. The van der Waals surface area contributed by atoms with E-state index in [4.69, 9.17) is 4.42 Å². The zero-order chi connectivity index (χ0) is 13.5. The smallest absolute Gasteiger partial charge is 0.215 e. The first kappa shape index (κ1) is 11.2. The SMILES string of the molecule is Cc1ccc2oc(Cn3cnc4ccccc43)nc2c1. The molecule has 4 heteroatoms. The highest BCUT2D eigenvalue weighted by Crippen LogP contribution is 2.19. The molecule has 0 spiro atoms. The quantitative estimate of drug-likeness (QED) is 0.555. The van der Waals surface area contributed by atoms with E-state index in [2.05, 4.69) is 23.0 Å². The number of rotatable bonds is 2. The Morgan fingerprint density at radius 3 is 2.95 bits per heavy atom. The topological polar surface area (TPSA) is 43.9 Å². The molecule has 0 aliphatic heterocycles. The predicted molar refractivity (Wildman–Crippen MR) is 77.6 cm³/mol. The van der Waals surface area contributed by atoms with Gasteiger partial charge in [-0.25, -0.2) is 9.97 Å². The van der Waals surface area contributed by atoms with Gasteiger partial charge < -0.3 is 8.98 Å². The first-order valence-corrected chi connectivity index (χ1v) is 6.55. The molecule has 0 saturated carbocycles. The second-order valence-corrected chi connectivity index (χ2v) is 4.94. The van der Waals surface area contributed by atoms with Crippen LogP contribution in [0.25, 0.3) is 22.1 Å². The van der Waals surface area contributed by atoms with E-state index in [9.17, 15) is 0 Å². The third-order valence-electron chi connectivity index (χ3n) is 3.42. The summed E-state index contributed by atoms with van der Waals surface area (Å²) in [6.45, 7) is 2.64. The normalized spacial score (nSPS) is 11.4. The number of hydrogen-bond acceptors (Lipinski definition) is 3. The third-order valence-corrected chi connectivity index (χ3v) is 3.42. The molecule has 0 atom stereocenters. The number of benzene rings is 2. The second kappa shape index (κ2) is 4.20. The Balaban J connectivity index is 1.76. The van der Waals surface area contributed by atoms with Crippen molar-refractivity contribution in [3.63, 3.8) is 0 Å². The van der Waals surface area contributed by atoms with Crippen LogP contribution >= 0.6 is 0 Å². The standard InChI is InChI=1S/C16H13N3O/c1-11-6-7-15-13(8-11)18-16(20-15)9-19-10-17-12-4-2-3-5-14(12)19/h2-8,10H,9H2,1H3. The minimum Gasteiger partial charge on any atom is -0.439 e. The number of hydrogen-bond donors (Lipinski definition) is 0. The molecular formula is C16H13N3O. The molecule has 4 nitrogen and oxygen atoms in total. The first-order chi connectivity index (χ1) is 9.79. The molecule has 4 rings (SSSR count). The largest absolute Gasteiger partial charge is 0.439 e. The fourth-order valence-electron chi connectivity index (χ4n) is 2.43. The van der Waals surface area contributed by atoms with Crippen LogP contribution in [-0.2, 0) is 6.54 Å². The van der Waals surface area contributed by atoms with Gasteiger partial charge in [-0.2, -0.15) is 0 Å². The average molecular weight is 263 g/mol. The number of fused-ring (bicyclic) bond motifs is 2. The van der Waals surface area contributed by atoms with Gasteiger partial charge in [0, 0.05) is 0 Å². The number of nitrogens with zero attached hydrogens (tertiary/aromatic N) is 3. The lowest BCUT2D eigenvalue weighted by molar-refractivity contribution is 0.512. The highest BCUT2D eigenvalue weighted by Gasteiger charge is 2.08. The Hall–Kier alpha value is -2.62. The minimum absolute atomic E-state index is 0.592. The lowest BCUT2D eigenvalue weighted by Gasteiger charge is -1.99. The minimum atomic E-state index is 0.592. The van der Waals surface area contributed by atoms with E-state index in [-0.39, 0.29) is 0 Å². The molecule has 0 saturated heterocycles. The molecule has 0 amide bonds. The molecule has 98 valence electrons. The van der Waals surface area contributed by atoms with Gasteiger partial charge in [0.25, 0.3) is 0 Å². The van der Waals surface area contributed by atoms with Gasteiger partial charge in [0.05, 0.1) is 17.4 Å². The highest BCUT2D eigenvalue weighted by molar-refractivity contribution is 5.75. The summed E-state index contributed by atoms with van der Waals surface area (Å²) < 4.78 is 7.83. The van der Waals surface area contributed by atoms with Crippen LogP contribution in [0.4, 0.5) is 0 Å². The van der Waals surface area contributed by atoms with Crippen LogP contribution in [0.3, 0.4) is 0 Å². The van der Waals surface area contributed by atoms with Gasteiger partial charge >= 0.3 is 0 Å². The van der Waals surface area contributed by atoms with E-state index in [1.165, 1.54) is 5.56 Å². The van der Waals surface area contributed by atoms with Crippen LogP contribution < -0.4 is 0 Å². The lowest BCUT2D eigenvalue weighted by Crippen LogP contribution is -1.97. The van der Waals surface area contributed by atoms with Gasteiger partial charge in [0.15, 0.2) is 5.58 Å². The van der Waals surface area contributed by atoms with Gasteiger partial charge in [0.1, 0.15) is 12.1 Å². The summed E-state index contributed by atoms with van der Waals surface area (Å²) in [4.78, 5) is 8.92. The summed E-state index contributed by atoms with van der Waals surface area (Å²) in [5.74, 6) is 0.703. The van der Waals surface area contributed by atoms with Crippen molar-refractivity contribution >= 4 is 22.1 Å². The van der Waals surface area contributed by atoms with Crippen molar-refractivity contribution in [2.45, 2.75) is 13.5 Å². The van der Waals surface area contributed by atoms with Gasteiger partial charge in [-0.05, 0) is 36.8 Å². The summed E-state index contributed by atoms with van der Waals surface area (Å²) in [6.07, 6.45) is 1.82. The van der Waals surface area contributed by atoms with Crippen LogP contribution in [0, 0.1) is 6.92 Å². The molecule has 0 fully saturated rings. The van der Waals surface area contributed by atoms with Crippen molar-refractivity contribution in [2.75, 3.05) is 0 Å². The molecule has 0 aliphatic carbocycles. The van der Waals surface area contributed by atoms with Crippen molar-refractivity contribution in [1.82, 2.24) is 14.5 Å². The number of aryl methyl sites for hydroxylation is 1. The average Bonchev–Trinajstić information content (AvgIpc) is 3.03. The molecule has 0 unspecified atom stereocenters. The number of aromatic nitrogens is 3. The van der Waals surface area contributed by atoms with Crippen LogP contribution in [-0.4, -0.2) is 14.5 Å². The Kier molecular flexibility index (Phi) is 2.36. The number of para-hydroxylation sites is 2. The molecule has 0 N–H and O–H groups in total. The van der Waals surface area contributed by atoms with Crippen LogP contribution in [0.5, 0.6) is 0 Å². The predicted octanol–water partition coefficient (Wildman–Crippen LogP) is 3.53. The van der Waals surface area contributed by atoms with Gasteiger partial charge in [0.2, 0.25) is 5.89 Å². The van der Waals surface area contributed by atoms with E-state index in [0.717, 1.165) is 22.1 Å². The maximum Gasteiger partial charge on any atom is 0.215 e. The van der Waals surface area contributed by atoms with Crippen molar-refractivity contribution < 1.29 is 4.42 Å². The van der Waals surface area contributed by atoms with E-state index < -0.39 is 0 Å². The van der Waals surface area contributed by atoms with Gasteiger partial charge in [-0.1, -0.05) is 18.2 Å². The Morgan fingerprint density at radius 2 is 2.00 bits per heavy atom. The third kappa shape index (κ3) is 1.77. The number of oxazole rings is 1. The van der Waals surface area contributed by atoms with Crippen LogP contribution in [0.1, 0.15) is 11.5 Å². The lowest BCUT2D eigenvalue weighted by atomic mass is 10.2.